The second-order valence-electron chi connectivity index (χ2n) is 6.35. The summed E-state index contributed by atoms with van der Waals surface area (Å²) in [7, 11) is 0. The van der Waals surface area contributed by atoms with E-state index in [1.807, 2.05) is 12.1 Å². The zero-order valence-corrected chi connectivity index (χ0v) is 15.4. The van der Waals surface area contributed by atoms with Crippen molar-refractivity contribution in [1.82, 2.24) is 4.98 Å². The van der Waals surface area contributed by atoms with E-state index in [0.717, 1.165) is 0 Å². The summed E-state index contributed by atoms with van der Waals surface area (Å²) in [5, 5.41) is 12.0. The monoisotopic (exact) mass is 390 g/mol. The van der Waals surface area contributed by atoms with Gasteiger partial charge in [-0.2, -0.15) is 0 Å². The Balaban J connectivity index is 2.14. The van der Waals surface area contributed by atoms with Gasteiger partial charge in [0.1, 0.15) is 11.3 Å². The van der Waals surface area contributed by atoms with Crippen LogP contribution in [0, 0.1) is 15.9 Å². The van der Waals surface area contributed by atoms with Crippen LogP contribution in [0.3, 0.4) is 0 Å². The minimum atomic E-state index is -0.585. The Bertz CT molecular complexity index is 1270. The molecule has 0 unspecified atom stereocenters. The van der Waals surface area contributed by atoms with Crippen molar-refractivity contribution in [1.29, 1.82) is 0 Å². The number of ether oxygens (including phenoxy) is 1. The standard InChI is InChI=1S/C22H15FN2O4/c1-2-29-22(26)16-11-12-17(23)21-20(16)19(15-5-3-4-6-18(15)24-21)13-7-9-14(10-8-13)25(27)28/h3-12H,2H2,1H3. The Kier molecular flexibility index (Phi) is 4.64. The minimum Gasteiger partial charge on any atom is -0.462 e. The Morgan fingerprint density at radius 2 is 1.83 bits per heavy atom. The fraction of sp³-hybridized carbons (Fsp3) is 0.0909. The summed E-state index contributed by atoms with van der Waals surface area (Å²) in [5.74, 6) is -1.15. The number of esters is 1. The molecular weight excluding hydrogens is 375 g/mol. The number of hydrogen-bond donors (Lipinski definition) is 0. The van der Waals surface area contributed by atoms with Gasteiger partial charge in [0.15, 0.2) is 0 Å². The Labute approximate surface area is 164 Å². The molecule has 0 saturated carbocycles. The molecule has 0 amide bonds. The van der Waals surface area contributed by atoms with Crippen LogP contribution in [0.4, 0.5) is 10.1 Å². The van der Waals surface area contributed by atoms with Crippen molar-refractivity contribution in [3.63, 3.8) is 0 Å². The van der Waals surface area contributed by atoms with Crippen LogP contribution in [0.2, 0.25) is 0 Å². The molecule has 0 spiro atoms. The number of hydrogen-bond acceptors (Lipinski definition) is 5. The van der Waals surface area contributed by atoms with E-state index < -0.39 is 16.7 Å². The number of nitro benzene ring substituents is 1. The lowest BCUT2D eigenvalue weighted by Gasteiger charge is -2.15. The van der Waals surface area contributed by atoms with Gasteiger partial charge in [0.05, 0.1) is 22.6 Å². The maximum Gasteiger partial charge on any atom is 0.338 e. The normalized spacial score (nSPS) is 11.0. The van der Waals surface area contributed by atoms with Crippen LogP contribution in [0.5, 0.6) is 0 Å². The molecule has 144 valence electrons. The average molecular weight is 390 g/mol. The van der Waals surface area contributed by atoms with Crippen molar-refractivity contribution in [3.05, 3.63) is 82.2 Å². The molecule has 4 aromatic rings. The van der Waals surface area contributed by atoms with Crippen molar-refractivity contribution >= 4 is 33.5 Å². The number of halogens is 1. The second-order valence-corrected chi connectivity index (χ2v) is 6.35. The summed E-state index contributed by atoms with van der Waals surface area (Å²) in [6.07, 6.45) is 0. The first-order valence-electron chi connectivity index (χ1n) is 8.94. The number of carbonyl (C=O) groups is 1. The van der Waals surface area contributed by atoms with E-state index in [1.54, 1.807) is 31.2 Å². The van der Waals surface area contributed by atoms with Gasteiger partial charge in [0.25, 0.3) is 5.69 Å². The summed E-state index contributed by atoms with van der Waals surface area (Å²) < 4.78 is 19.9. The molecule has 0 radical (unpaired) electrons. The van der Waals surface area contributed by atoms with Gasteiger partial charge in [-0.1, -0.05) is 18.2 Å². The van der Waals surface area contributed by atoms with Crippen molar-refractivity contribution in [3.8, 4) is 11.1 Å². The number of benzene rings is 3. The number of pyridine rings is 1. The highest BCUT2D eigenvalue weighted by molar-refractivity contribution is 6.16. The molecule has 0 atom stereocenters. The molecule has 1 aromatic heterocycles. The molecule has 1 heterocycles. The maximum absolute atomic E-state index is 14.7. The third-order valence-corrected chi connectivity index (χ3v) is 4.65. The summed E-state index contributed by atoms with van der Waals surface area (Å²) in [6, 6.07) is 15.6. The number of para-hydroxylation sites is 1. The summed E-state index contributed by atoms with van der Waals surface area (Å²) in [5.41, 5.74) is 1.90. The highest BCUT2D eigenvalue weighted by Crippen LogP contribution is 2.38. The number of nitrogens with zero attached hydrogens (tertiary/aromatic N) is 2. The zero-order chi connectivity index (χ0) is 20.5. The highest BCUT2D eigenvalue weighted by Gasteiger charge is 2.21. The molecule has 0 aliphatic rings. The van der Waals surface area contributed by atoms with Crippen LogP contribution in [0.1, 0.15) is 17.3 Å². The molecule has 0 bridgehead atoms. The van der Waals surface area contributed by atoms with E-state index in [9.17, 15) is 19.3 Å². The summed E-state index contributed by atoms with van der Waals surface area (Å²) in [6.45, 7) is 1.86. The smallest absolute Gasteiger partial charge is 0.338 e. The Morgan fingerprint density at radius 1 is 1.10 bits per heavy atom. The molecule has 4 rings (SSSR count). The Morgan fingerprint density at radius 3 is 2.52 bits per heavy atom. The molecule has 29 heavy (non-hydrogen) atoms. The van der Waals surface area contributed by atoms with Gasteiger partial charge in [0, 0.05) is 28.5 Å². The number of carbonyl (C=O) groups excluding carboxylic acids is 1. The zero-order valence-electron chi connectivity index (χ0n) is 15.4. The largest absolute Gasteiger partial charge is 0.462 e. The number of rotatable bonds is 4. The molecule has 3 aromatic carbocycles. The topological polar surface area (TPSA) is 82.3 Å². The second kappa shape index (κ2) is 7.27. The first-order valence-corrected chi connectivity index (χ1v) is 8.94. The van der Waals surface area contributed by atoms with Gasteiger partial charge < -0.3 is 4.74 Å². The van der Waals surface area contributed by atoms with E-state index in [0.29, 0.717) is 27.4 Å². The van der Waals surface area contributed by atoms with Crippen molar-refractivity contribution in [2.75, 3.05) is 6.61 Å². The lowest BCUT2D eigenvalue weighted by atomic mass is 9.93. The molecular formula is C22H15FN2O4. The lowest BCUT2D eigenvalue weighted by molar-refractivity contribution is -0.384. The first kappa shape index (κ1) is 18.5. The molecule has 0 fully saturated rings. The van der Waals surface area contributed by atoms with Crippen LogP contribution in [0.25, 0.3) is 32.9 Å². The molecule has 7 heteroatoms. The van der Waals surface area contributed by atoms with Gasteiger partial charge in [-0.25, -0.2) is 14.2 Å². The predicted molar refractivity (Wildman–Crippen MR) is 107 cm³/mol. The van der Waals surface area contributed by atoms with Gasteiger partial charge in [-0.3, -0.25) is 10.1 Å². The number of nitro groups is 1. The van der Waals surface area contributed by atoms with Crippen LogP contribution in [-0.4, -0.2) is 22.5 Å². The molecule has 6 nitrogen and oxygen atoms in total. The maximum atomic E-state index is 14.7. The fourth-order valence-electron chi connectivity index (χ4n) is 3.39. The number of aromatic nitrogens is 1. The van der Waals surface area contributed by atoms with E-state index in [1.165, 1.54) is 24.3 Å². The quantitative estimate of drug-likeness (QED) is 0.205. The predicted octanol–water partition coefficient (Wildman–Crippen LogP) is 5.28. The van der Waals surface area contributed by atoms with Gasteiger partial charge in [-0.05, 0) is 42.8 Å². The molecule has 0 N–H and O–H groups in total. The third kappa shape index (κ3) is 3.16. The van der Waals surface area contributed by atoms with Crippen LogP contribution < -0.4 is 0 Å². The average Bonchev–Trinajstić information content (AvgIpc) is 2.73. The number of fused-ring (bicyclic) bond motifs is 2. The van der Waals surface area contributed by atoms with Crippen LogP contribution in [-0.2, 0) is 4.74 Å². The van der Waals surface area contributed by atoms with Crippen molar-refractivity contribution in [2.24, 2.45) is 0 Å². The van der Waals surface area contributed by atoms with E-state index in [-0.39, 0.29) is 23.4 Å². The van der Waals surface area contributed by atoms with Crippen LogP contribution >= 0.6 is 0 Å². The van der Waals surface area contributed by atoms with Crippen molar-refractivity contribution in [2.45, 2.75) is 6.92 Å². The van der Waals surface area contributed by atoms with E-state index >= 15 is 0 Å². The summed E-state index contributed by atoms with van der Waals surface area (Å²) in [4.78, 5) is 27.5. The molecule has 0 aliphatic carbocycles. The summed E-state index contributed by atoms with van der Waals surface area (Å²) >= 11 is 0. The first-order chi connectivity index (χ1) is 14.0. The van der Waals surface area contributed by atoms with E-state index in [4.69, 9.17) is 4.74 Å². The number of non-ortho nitro benzene ring substituents is 1. The van der Waals surface area contributed by atoms with Crippen LogP contribution in [0.15, 0.2) is 60.7 Å². The lowest BCUT2D eigenvalue weighted by Crippen LogP contribution is -2.07. The molecule has 0 saturated heterocycles. The highest BCUT2D eigenvalue weighted by atomic mass is 19.1. The minimum absolute atomic E-state index is 0.0441. The van der Waals surface area contributed by atoms with Crippen molar-refractivity contribution < 1.29 is 18.8 Å². The fourth-order valence-corrected chi connectivity index (χ4v) is 3.39. The van der Waals surface area contributed by atoms with Gasteiger partial charge in [-0.15, -0.1) is 0 Å². The van der Waals surface area contributed by atoms with E-state index in [2.05, 4.69) is 4.98 Å². The molecule has 0 aliphatic heterocycles. The Hall–Kier alpha value is -3.87. The van der Waals surface area contributed by atoms with Gasteiger partial charge in [0.2, 0.25) is 0 Å². The SMILES string of the molecule is CCOC(=O)c1ccc(F)c2nc3ccccc3c(-c3ccc([N+](=O)[O-])cc3)c12. The third-order valence-electron chi connectivity index (χ3n) is 4.65. The van der Waals surface area contributed by atoms with Gasteiger partial charge >= 0.3 is 5.97 Å².